The molecule has 1 aromatic heterocycles. The molecule has 0 atom stereocenters. The van der Waals surface area contributed by atoms with Crippen LogP contribution in [0, 0.1) is 0 Å². The van der Waals surface area contributed by atoms with Crippen LogP contribution in [0.15, 0.2) is 24.4 Å². The van der Waals surface area contributed by atoms with E-state index in [4.69, 9.17) is 0 Å². The van der Waals surface area contributed by atoms with Crippen LogP contribution in [0.2, 0.25) is 0 Å². The molecule has 0 fully saturated rings. The third kappa shape index (κ3) is 2.02. The molecule has 0 aliphatic heterocycles. The highest BCUT2D eigenvalue weighted by Crippen LogP contribution is 2.33. The SMILES string of the molecule is CC(C)(CO)NC(=O)C1=c2nncc3ccc4c5c(cc(c4c23)C1)=C5. The van der Waals surface area contributed by atoms with Gasteiger partial charge in [0.1, 0.15) is 5.35 Å². The fraction of sp³-hybridized carbons (Fsp3) is 0.250. The maximum absolute atomic E-state index is 12.9. The van der Waals surface area contributed by atoms with Crippen molar-refractivity contribution in [2.24, 2.45) is 0 Å². The van der Waals surface area contributed by atoms with E-state index in [1.54, 1.807) is 20.0 Å². The Morgan fingerprint density at radius 2 is 2.16 bits per heavy atom. The topological polar surface area (TPSA) is 75.1 Å². The molecular weight excluding hydrogens is 314 g/mol. The summed E-state index contributed by atoms with van der Waals surface area (Å²) in [6.45, 7) is 3.46. The van der Waals surface area contributed by atoms with Crippen LogP contribution in [0.4, 0.5) is 0 Å². The van der Waals surface area contributed by atoms with Crippen molar-refractivity contribution < 1.29 is 9.90 Å². The summed E-state index contributed by atoms with van der Waals surface area (Å²) in [5, 5.41) is 27.1. The lowest BCUT2D eigenvalue weighted by atomic mass is 9.89. The van der Waals surface area contributed by atoms with Crippen LogP contribution < -0.4 is 15.9 Å². The molecule has 0 saturated heterocycles. The number of benzene rings is 2. The second-order valence-corrected chi connectivity index (χ2v) is 7.48. The van der Waals surface area contributed by atoms with Gasteiger partial charge < -0.3 is 10.4 Å². The predicted octanol–water partition coefficient (Wildman–Crippen LogP) is 0.519. The Kier molecular flexibility index (Phi) is 2.70. The van der Waals surface area contributed by atoms with Crippen molar-refractivity contribution in [3.05, 3.63) is 46.1 Å². The normalized spacial score (nSPS) is 14.6. The average Bonchev–Trinajstić information content (AvgIpc) is 3.37. The molecule has 0 unspecified atom stereocenters. The fourth-order valence-electron chi connectivity index (χ4n) is 3.71. The first-order chi connectivity index (χ1) is 12.0. The molecule has 1 amide bonds. The molecular formula is C20H17N3O2. The number of nitrogens with zero attached hydrogens (tertiary/aromatic N) is 2. The first kappa shape index (κ1) is 14.5. The van der Waals surface area contributed by atoms with Crippen LogP contribution >= 0.6 is 0 Å². The summed E-state index contributed by atoms with van der Waals surface area (Å²) in [6.07, 6.45) is 4.44. The number of aromatic nitrogens is 2. The number of carbonyl (C=O) groups excluding carboxylic acids is 1. The standard InChI is InChI=1S/C20H17N3O2/c1-20(2,9-24)22-19(25)15-7-12-5-11-6-14(11)13-4-3-10-8-21-23-18(15)17(10)16(12)13/h3-6,8,24H,7,9H2,1-2H3,(H,22,25). The highest BCUT2D eigenvalue weighted by atomic mass is 16.3. The van der Waals surface area contributed by atoms with E-state index < -0.39 is 5.54 Å². The van der Waals surface area contributed by atoms with Crippen LogP contribution in [0.3, 0.4) is 0 Å². The number of aliphatic hydroxyl groups excluding tert-OH is 1. The summed E-state index contributed by atoms with van der Waals surface area (Å²) < 4.78 is 0. The van der Waals surface area contributed by atoms with Gasteiger partial charge in [0.2, 0.25) is 5.91 Å². The molecule has 2 N–H and O–H groups in total. The van der Waals surface area contributed by atoms with E-state index in [0.717, 1.165) is 16.3 Å². The van der Waals surface area contributed by atoms with Crippen molar-refractivity contribution >= 4 is 39.1 Å². The van der Waals surface area contributed by atoms with E-state index >= 15 is 0 Å². The van der Waals surface area contributed by atoms with E-state index in [9.17, 15) is 9.90 Å². The molecule has 0 radical (unpaired) electrons. The largest absolute Gasteiger partial charge is 0.394 e. The van der Waals surface area contributed by atoms with Gasteiger partial charge in [0.15, 0.2) is 0 Å². The number of fused-ring (bicyclic) bond motifs is 2. The maximum atomic E-state index is 12.9. The fourth-order valence-corrected chi connectivity index (χ4v) is 3.71. The molecule has 0 bridgehead atoms. The van der Waals surface area contributed by atoms with Gasteiger partial charge in [-0.3, -0.25) is 4.79 Å². The van der Waals surface area contributed by atoms with Gasteiger partial charge in [0.05, 0.1) is 18.3 Å². The minimum atomic E-state index is -0.686. The lowest BCUT2D eigenvalue weighted by Gasteiger charge is -2.25. The minimum Gasteiger partial charge on any atom is -0.394 e. The second-order valence-electron chi connectivity index (χ2n) is 7.48. The summed E-state index contributed by atoms with van der Waals surface area (Å²) in [5.41, 5.74) is 2.37. The zero-order chi connectivity index (χ0) is 17.3. The van der Waals surface area contributed by atoms with Crippen molar-refractivity contribution in [3.8, 4) is 0 Å². The van der Waals surface area contributed by atoms with E-state index in [1.165, 1.54) is 21.6 Å². The lowest BCUT2D eigenvalue weighted by molar-refractivity contribution is -0.117. The quantitative estimate of drug-likeness (QED) is 0.537. The number of nitrogens with one attached hydrogen (secondary N) is 1. The Morgan fingerprint density at radius 1 is 1.32 bits per heavy atom. The van der Waals surface area contributed by atoms with Crippen LogP contribution in [0.5, 0.6) is 0 Å². The van der Waals surface area contributed by atoms with E-state index in [0.29, 0.717) is 17.3 Å². The molecule has 1 heterocycles. The molecule has 2 aromatic carbocycles. The molecule has 25 heavy (non-hydrogen) atoms. The minimum absolute atomic E-state index is 0.128. The summed E-state index contributed by atoms with van der Waals surface area (Å²) in [6, 6.07) is 6.35. The summed E-state index contributed by atoms with van der Waals surface area (Å²) in [4.78, 5) is 12.9. The number of hydrogen-bond acceptors (Lipinski definition) is 4. The zero-order valence-electron chi connectivity index (χ0n) is 14.1. The van der Waals surface area contributed by atoms with Crippen molar-refractivity contribution in [3.63, 3.8) is 0 Å². The van der Waals surface area contributed by atoms with Crippen molar-refractivity contribution in [1.82, 2.24) is 15.5 Å². The van der Waals surface area contributed by atoms with Gasteiger partial charge in [0, 0.05) is 22.8 Å². The molecule has 124 valence electrons. The Hall–Kier alpha value is -2.79. The zero-order valence-corrected chi connectivity index (χ0v) is 14.1. The lowest BCUT2D eigenvalue weighted by Crippen LogP contribution is -2.48. The third-order valence-electron chi connectivity index (χ3n) is 5.07. The van der Waals surface area contributed by atoms with Gasteiger partial charge in [-0.05, 0) is 47.0 Å². The summed E-state index contributed by atoms with van der Waals surface area (Å²) >= 11 is 0. The molecule has 2 aliphatic carbocycles. The molecule has 0 saturated carbocycles. The number of rotatable bonds is 3. The molecule has 3 aromatic rings. The highest BCUT2D eigenvalue weighted by Gasteiger charge is 2.27. The van der Waals surface area contributed by atoms with Crippen LogP contribution in [-0.4, -0.2) is 33.4 Å². The predicted molar refractivity (Wildman–Crippen MR) is 96.3 cm³/mol. The van der Waals surface area contributed by atoms with Gasteiger partial charge in [-0.15, -0.1) is 5.10 Å². The van der Waals surface area contributed by atoms with E-state index in [1.807, 2.05) is 6.07 Å². The smallest absolute Gasteiger partial charge is 0.250 e. The first-order valence-electron chi connectivity index (χ1n) is 8.37. The molecule has 5 rings (SSSR count). The molecule has 2 aliphatic rings. The summed E-state index contributed by atoms with van der Waals surface area (Å²) in [5.74, 6) is -0.197. The van der Waals surface area contributed by atoms with Gasteiger partial charge in [0.25, 0.3) is 0 Å². The van der Waals surface area contributed by atoms with Crippen LogP contribution in [0.25, 0.3) is 33.2 Å². The van der Waals surface area contributed by atoms with E-state index in [2.05, 4.69) is 33.7 Å². The highest BCUT2D eigenvalue weighted by molar-refractivity contribution is 6.22. The monoisotopic (exact) mass is 331 g/mol. The van der Waals surface area contributed by atoms with Crippen LogP contribution in [0.1, 0.15) is 25.0 Å². The molecule has 5 nitrogen and oxygen atoms in total. The number of carbonyl (C=O) groups is 1. The maximum Gasteiger partial charge on any atom is 0.250 e. The Bertz CT molecular complexity index is 1230. The Labute approximate surface area is 143 Å². The van der Waals surface area contributed by atoms with Gasteiger partial charge in [-0.25, -0.2) is 0 Å². The van der Waals surface area contributed by atoms with Crippen molar-refractivity contribution in [1.29, 1.82) is 0 Å². The molecule has 0 spiro atoms. The van der Waals surface area contributed by atoms with Crippen molar-refractivity contribution in [2.75, 3.05) is 6.61 Å². The van der Waals surface area contributed by atoms with E-state index in [-0.39, 0.29) is 12.5 Å². The number of aliphatic hydroxyl groups is 1. The van der Waals surface area contributed by atoms with Crippen LogP contribution in [-0.2, 0) is 11.2 Å². The Balaban J connectivity index is 1.83. The molecule has 5 heteroatoms. The van der Waals surface area contributed by atoms with Gasteiger partial charge in [-0.2, -0.15) is 5.10 Å². The first-order valence-corrected chi connectivity index (χ1v) is 8.37. The second kappa shape index (κ2) is 4.64. The third-order valence-corrected chi connectivity index (χ3v) is 5.07. The van der Waals surface area contributed by atoms with Crippen molar-refractivity contribution in [2.45, 2.75) is 25.8 Å². The average molecular weight is 331 g/mol. The Morgan fingerprint density at radius 3 is 2.96 bits per heavy atom. The van der Waals surface area contributed by atoms with Gasteiger partial charge in [-0.1, -0.05) is 18.2 Å². The summed E-state index contributed by atoms with van der Waals surface area (Å²) in [7, 11) is 0. The number of amides is 1. The number of hydrogen-bond donors (Lipinski definition) is 2. The van der Waals surface area contributed by atoms with Gasteiger partial charge >= 0.3 is 0 Å².